The van der Waals surface area contributed by atoms with Crippen LogP contribution in [-0.2, 0) is 4.79 Å². The van der Waals surface area contributed by atoms with Gasteiger partial charge in [0.2, 0.25) is 5.91 Å². The first-order valence-electron chi connectivity index (χ1n) is 9.59. The van der Waals surface area contributed by atoms with Crippen LogP contribution in [0.4, 0.5) is 0 Å². The maximum atomic E-state index is 13.1. The quantitative estimate of drug-likeness (QED) is 0.756. The maximum absolute atomic E-state index is 13.1. The molecule has 5 heteroatoms. The van der Waals surface area contributed by atoms with Gasteiger partial charge in [0.1, 0.15) is 11.8 Å². The van der Waals surface area contributed by atoms with Crippen molar-refractivity contribution in [1.82, 2.24) is 10.6 Å². The molecule has 2 rings (SSSR count). The molecule has 0 aliphatic rings. The van der Waals surface area contributed by atoms with Crippen molar-refractivity contribution in [2.75, 3.05) is 14.2 Å². The van der Waals surface area contributed by atoms with E-state index < -0.39 is 6.04 Å². The van der Waals surface area contributed by atoms with E-state index in [0.29, 0.717) is 5.56 Å². The van der Waals surface area contributed by atoms with E-state index in [-0.39, 0.29) is 23.7 Å². The maximum Gasteiger partial charge on any atom is 0.252 e. The molecule has 0 unspecified atom stereocenters. The van der Waals surface area contributed by atoms with Crippen LogP contribution < -0.4 is 15.4 Å². The number of methoxy groups -OCH3 is 1. The number of ether oxygens (including phenoxy) is 1. The summed E-state index contributed by atoms with van der Waals surface area (Å²) in [6, 6.07) is 12.2. The van der Waals surface area contributed by atoms with Crippen LogP contribution in [0, 0.1) is 0 Å². The summed E-state index contributed by atoms with van der Waals surface area (Å²) in [4.78, 5) is 25.5. The second-order valence-electron chi connectivity index (χ2n) is 7.43. The van der Waals surface area contributed by atoms with Gasteiger partial charge in [0.25, 0.3) is 5.91 Å². The molecule has 1 atom stereocenters. The Hall–Kier alpha value is -2.82. The molecule has 2 aromatic carbocycles. The first kappa shape index (κ1) is 21.5. The molecule has 0 spiro atoms. The van der Waals surface area contributed by atoms with Crippen molar-refractivity contribution in [2.45, 2.75) is 45.6 Å². The second kappa shape index (κ2) is 9.40. The van der Waals surface area contributed by atoms with E-state index in [9.17, 15) is 9.59 Å². The van der Waals surface area contributed by atoms with Crippen LogP contribution in [0.3, 0.4) is 0 Å². The molecule has 2 N–H and O–H groups in total. The van der Waals surface area contributed by atoms with Gasteiger partial charge in [-0.05, 0) is 40.7 Å². The lowest BCUT2D eigenvalue weighted by atomic mass is 9.91. The summed E-state index contributed by atoms with van der Waals surface area (Å²) >= 11 is 0. The fourth-order valence-electron chi connectivity index (χ4n) is 3.20. The van der Waals surface area contributed by atoms with E-state index >= 15 is 0 Å². The number of amides is 2. The van der Waals surface area contributed by atoms with Gasteiger partial charge in [0.05, 0.1) is 7.11 Å². The molecule has 2 aromatic rings. The van der Waals surface area contributed by atoms with Gasteiger partial charge >= 0.3 is 0 Å². The van der Waals surface area contributed by atoms with E-state index in [1.165, 1.54) is 0 Å². The number of hydrogen-bond donors (Lipinski definition) is 2. The number of carbonyl (C=O) groups excluding carboxylic acids is 2. The Kier molecular flexibility index (Phi) is 7.21. The molecule has 28 heavy (non-hydrogen) atoms. The van der Waals surface area contributed by atoms with Gasteiger partial charge < -0.3 is 15.4 Å². The first-order chi connectivity index (χ1) is 13.3. The van der Waals surface area contributed by atoms with E-state index in [1.54, 1.807) is 14.2 Å². The zero-order chi connectivity index (χ0) is 20.8. The van der Waals surface area contributed by atoms with Crippen molar-refractivity contribution < 1.29 is 14.3 Å². The normalized spacial score (nSPS) is 12.0. The summed E-state index contributed by atoms with van der Waals surface area (Å²) in [7, 11) is 3.22. The molecular weight excluding hydrogens is 352 g/mol. The molecule has 0 heterocycles. The van der Waals surface area contributed by atoms with E-state index in [2.05, 4.69) is 38.3 Å². The summed E-state index contributed by atoms with van der Waals surface area (Å²) in [5, 5.41) is 5.50. The smallest absolute Gasteiger partial charge is 0.252 e. The Morgan fingerprint density at radius 1 is 0.929 bits per heavy atom. The van der Waals surface area contributed by atoms with Crippen molar-refractivity contribution in [2.24, 2.45) is 0 Å². The molecule has 0 fully saturated rings. The third-order valence-corrected chi connectivity index (χ3v) is 4.77. The van der Waals surface area contributed by atoms with Crippen LogP contribution in [0.2, 0.25) is 0 Å². The number of likely N-dealkylation sites (N-methyl/N-ethyl adjacent to an activating group) is 1. The fraction of sp³-hybridized carbons (Fsp3) is 0.391. The highest BCUT2D eigenvalue weighted by molar-refractivity contribution is 5.98. The number of benzene rings is 2. The van der Waals surface area contributed by atoms with Crippen molar-refractivity contribution in [3.8, 4) is 5.75 Å². The van der Waals surface area contributed by atoms with E-state index in [0.717, 1.165) is 22.4 Å². The van der Waals surface area contributed by atoms with Crippen molar-refractivity contribution in [3.63, 3.8) is 0 Å². The van der Waals surface area contributed by atoms with E-state index in [4.69, 9.17) is 4.74 Å². The molecule has 0 saturated carbocycles. The Bertz CT molecular complexity index is 800. The second-order valence-corrected chi connectivity index (χ2v) is 7.43. The lowest BCUT2D eigenvalue weighted by Crippen LogP contribution is -2.39. The number of carbonyl (C=O) groups is 2. The van der Waals surface area contributed by atoms with Crippen LogP contribution in [-0.4, -0.2) is 26.0 Å². The molecule has 0 aliphatic heterocycles. The van der Waals surface area contributed by atoms with Crippen LogP contribution in [0.25, 0.3) is 0 Å². The Labute approximate surface area is 167 Å². The monoisotopic (exact) mass is 382 g/mol. The minimum Gasteiger partial charge on any atom is -0.496 e. The minimum atomic E-state index is -0.759. The van der Waals surface area contributed by atoms with Crippen molar-refractivity contribution >= 4 is 11.8 Å². The van der Waals surface area contributed by atoms with Crippen molar-refractivity contribution in [1.29, 1.82) is 0 Å². The van der Waals surface area contributed by atoms with E-state index in [1.807, 2.05) is 42.5 Å². The largest absolute Gasteiger partial charge is 0.496 e. The Balaban J connectivity index is 2.45. The van der Waals surface area contributed by atoms with Gasteiger partial charge in [-0.2, -0.15) is 0 Å². The minimum absolute atomic E-state index is 0.198. The van der Waals surface area contributed by atoms with Gasteiger partial charge in [-0.3, -0.25) is 9.59 Å². The van der Waals surface area contributed by atoms with Gasteiger partial charge in [-0.25, -0.2) is 0 Å². The first-order valence-corrected chi connectivity index (χ1v) is 9.59. The third-order valence-electron chi connectivity index (χ3n) is 4.77. The number of hydrogen-bond acceptors (Lipinski definition) is 3. The molecular formula is C23H30N2O3. The van der Waals surface area contributed by atoms with Gasteiger partial charge in [-0.15, -0.1) is 0 Å². The highest BCUT2D eigenvalue weighted by atomic mass is 16.5. The third kappa shape index (κ3) is 4.71. The Morgan fingerprint density at radius 3 is 1.89 bits per heavy atom. The lowest BCUT2D eigenvalue weighted by Gasteiger charge is -2.22. The lowest BCUT2D eigenvalue weighted by molar-refractivity contribution is -0.122. The van der Waals surface area contributed by atoms with Gasteiger partial charge in [-0.1, -0.05) is 58.0 Å². The van der Waals surface area contributed by atoms with Crippen molar-refractivity contribution in [3.05, 3.63) is 64.7 Å². The molecule has 0 aromatic heterocycles. The molecule has 150 valence electrons. The summed E-state index contributed by atoms with van der Waals surface area (Å²) in [5.41, 5.74) is 3.22. The highest BCUT2D eigenvalue weighted by Crippen LogP contribution is 2.35. The topological polar surface area (TPSA) is 67.4 Å². The number of nitrogens with one attached hydrogen (secondary N) is 2. The standard InChI is InChI=1S/C23H30N2O3/c1-14(2)18-12-17(13-19(15(3)4)21(18)28-6)22(26)25-20(23(27)24-5)16-10-8-7-9-11-16/h7-15,20H,1-6H3,(H,24,27)(H,25,26)/t20-/m0/s1. The number of rotatable bonds is 7. The molecule has 0 radical (unpaired) electrons. The van der Waals surface area contributed by atoms with Crippen LogP contribution in [0.15, 0.2) is 42.5 Å². The molecule has 2 amide bonds. The molecule has 0 bridgehead atoms. The zero-order valence-corrected chi connectivity index (χ0v) is 17.5. The summed E-state index contributed by atoms with van der Waals surface area (Å²) in [6.07, 6.45) is 0. The van der Waals surface area contributed by atoms with Gasteiger partial charge in [0.15, 0.2) is 0 Å². The Morgan fingerprint density at radius 2 is 1.46 bits per heavy atom. The van der Waals surface area contributed by atoms with Crippen LogP contribution >= 0.6 is 0 Å². The molecule has 5 nitrogen and oxygen atoms in total. The zero-order valence-electron chi connectivity index (χ0n) is 17.5. The molecule has 0 saturated heterocycles. The summed E-state index contributed by atoms with van der Waals surface area (Å²) < 4.78 is 5.64. The summed E-state index contributed by atoms with van der Waals surface area (Å²) in [5.74, 6) is 0.672. The van der Waals surface area contributed by atoms with Crippen LogP contribution in [0.1, 0.15) is 72.6 Å². The molecule has 0 aliphatic carbocycles. The van der Waals surface area contributed by atoms with Crippen LogP contribution in [0.5, 0.6) is 5.75 Å². The summed E-state index contributed by atoms with van der Waals surface area (Å²) in [6.45, 7) is 8.28. The average Bonchev–Trinajstić information content (AvgIpc) is 2.70. The predicted octanol–water partition coefficient (Wildman–Crippen LogP) is 4.16. The SMILES string of the molecule is CNC(=O)[C@@H](NC(=O)c1cc(C(C)C)c(OC)c(C(C)C)c1)c1ccccc1. The highest BCUT2D eigenvalue weighted by Gasteiger charge is 2.24. The van der Waals surface area contributed by atoms with Gasteiger partial charge in [0, 0.05) is 12.6 Å². The average molecular weight is 383 g/mol. The predicted molar refractivity (Wildman–Crippen MR) is 112 cm³/mol. The fourth-order valence-corrected chi connectivity index (χ4v) is 3.20.